The zero-order chi connectivity index (χ0) is 11.0. The van der Waals surface area contributed by atoms with Gasteiger partial charge in [-0.3, -0.25) is 4.68 Å². The van der Waals surface area contributed by atoms with E-state index >= 15 is 0 Å². The molecule has 2 nitrogen and oxygen atoms in total. The molecule has 78 valence electrons. The lowest BCUT2D eigenvalue weighted by Gasteiger charge is -2.02. The molecule has 1 heterocycles. The minimum Gasteiger partial charge on any atom is -0.275 e. The van der Waals surface area contributed by atoms with Crippen LogP contribution in [0, 0.1) is 11.6 Å². The molecule has 0 aliphatic carbocycles. The highest BCUT2D eigenvalue weighted by molar-refractivity contribution is 9.10. The van der Waals surface area contributed by atoms with Gasteiger partial charge in [0.25, 0.3) is 0 Å². The summed E-state index contributed by atoms with van der Waals surface area (Å²) in [6.45, 7) is 0. The highest BCUT2D eigenvalue weighted by Crippen LogP contribution is 2.27. The monoisotopic (exact) mass is 272 g/mol. The molecule has 1 aromatic carbocycles. The molecule has 0 amide bonds. The van der Waals surface area contributed by atoms with Crippen LogP contribution in [0.1, 0.15) is 0 Å². The van der Waals surface area contributed by atoms with Crippen LogP contribution in [0.5, 0.6) is 0 Å². The highest BCUT2D eigenvalue weighted by atomic mass is 79.9. The van der Waals surface area contributed by atoms with E-state index in [-0.39, 0.29) is 5.56 Å². The van der Waals surface area contributed by atoms with Crippen molar-refractivity contribution >= 4 is 15.9 Å². The maximum absolute atomic E-state index is 13.5. The van der Waals surface area contributed by atoms with E-state index in [1.165, 1.54) is 16.8 Å². The fourth-order valence-corrected chi connectivity index (χ4v) is 1.74. The smallest absolute Gasteiger partial charge is 0.136 e. The Morgan fingerprint density at radius 1 is 1.27 bits per heavy atom. The van der Waals surface area contributed by atoms with Crippen molar-refractivity contribution in [2.24, 2.45) is 7.05 Å². The van der Waals surface area contributed by atoms with Gasteiger partial charge in [0.2, 0.25) is 0 Å². The van der Waals surface area contributed by atoms with Crippen molar-refractivity contribution in [3.05, 3.63) is 40.5 Å². The first-order valence-corrected chi connectivity index (χ1v) is 5.02. The molecule has 0 radical (unpaired) electrons. The number of benzene rings is 1. The maximum atomic E-state index is 13.5. The molecule has 0 aliphatic rings. The standard InChI is InChI=1S/C10H7BrF2N2/c1-15-3-2-9(14-15)10-7(12)4-6(11)5-8(10)13/h2-5H,1H3. The van der Waals surface area contributed by atoms with Gasteiger partial charge in [0, 0.05) is 17.7 Å². The zero-order valence-corrected chi connectivity index (χ0v) is 9.42. The predicted molar refractivity (Wildman–Crippen MR) is 56.3 cm³/mol. The van der Waals surface area contributed by atoms with E-state index in [0.29, 0.717) is 10.2 Å². The van der Waals surface area contributed by atoms with E-state index < -0.39 is 11.6 Å². The van der Waals surface area contributed by atoms with Gasteiger partial charge in [-0.25, -0.2) is 8.78 Å². The third-order valence-corrected chi connectivity index (χ3v) is 2.43. The van der Waals surface area contributed by atoms with Crippen LogP contribution in [-0.2, 0) is 7.05 Å². The van der Waals surface area contributed by atoms with Crippen molar-refractivity contribution in [1.82, 2.24) is 9.78 Å². The molecule has 0 saturated heterocycles. The Morgan fingerprint density at radius 3 is 2.33 bits per heavy atom. The molecule has 0 aliphatic heterocycles. The third-order valence-electron chi connectivity index (χ3n) is 1.98. The fraction of sp³-hybridized carbons (Fsp3) is 0.100. The summed E-state index contributed by atoms with van der Waals surface area (Å²) in [6.07, 6.45) is 1.64. The first kappa shape index (κ1) is 10.3. The van der Waals surface area contributed by atoms with Gasteiger partial charge in [0.1, 0.15) is 11.6 Å². The molecule has 5 heteroatoms. The van der Waals surface area contributed by atoms with Crippen molar-refractivity contribution in [2.45, 2.75) is 0 Å². The second kappa shape index (κ2) is 3.73. The summed E-state index contributed by atoms with van der Waals surface area (Å²) in [4.78, 5) is 0. The average molecular weight is 273 g/mol. The summed E-state index contributed by atoms with van der Waals surface area (Å²) < 4.78 is 28.8. The molecule has 0 fully saturated rings. The van der Waals surface area contributed by atoms with Crippen LogP contribution in [0.2, 0.25) is 0 Å². The highest BCUT2D eigenvalue weighted by Gasteiger charge is 2.14. The molecule has 0 unspecified atom stereocenters. The normalized spacial score (nSPS) is 10.7. The van der Waals surface area contributed by atoms with Gasteiger partial charge in [-0.2, -0.15) is 5.10 Å². The van der Waals surface area contributed by atoms with Crippen LogP contribution in [0.25, 0.3) is 11.3 Å². The lowest BCUT2D eigenvalue weighted by molar-refractivity contribution is 0.586. The Balaban J connectivity index is 2.62. The number of aromatic nitrogens is 2. The Morgan fingerprint density at radius 2 is 1.87 bits per heavy atom. The summed E-state index contributed by atoms with van der Waals surface area (Å²) >= 11 is 3.02. The SMILES string of the molecule is Cn1ccc(-c2c(F)cc(Br)cc2F)n1. The molecule has 0 saturated carbocycles. The number of hydrogen-bond donors (Lipinski definition) is 0. The molecule has 1 aromatic heterocycles. The van der Waals surface area contributed by atoms with E-state index in [4.69, 9.17) is 0 Å². The summed E-state index contributed by atoms with van der Waals surface area (Å²) in [5.41, 5.74) is 0.193. The third kappa shape index (κ3) is 1.92. The number of rotatable bonds is 1. The Labute approximate surface area is 93.7 Å². The van der Waals surface area contributed by atoms with Gasteiger partial charge in [0.05, 0.1) is 11.3 Å². The summed E-state index contributed by atoms with van der Waals surface area (Å²) in [6, 6.07) is 4.00. The van der Waals surface area contributed by atoms with Gasteiger partial charge in [-0.05, 0) is 18.2 Å². The van der Waals surface area contributed by atoms with E-state index in [2.05, 4.69) is 21.0 Å². The van der Waals surface area contributed by atoms with Crippen molar-refractivity contribution < 1.29 is 8.78 Å². The lowest BCUT2D eigenvalue weighted by Crippen LogP contribution is -1.93. The van der Waals surface area contributed by atoms with Crippen LogP contribution in [0.3, 0.4) is 0 Å². The van der Waals surface area contributed by atoms with Crippen molar-refractivity contribution in [3.8, 4) is 11.3 Å². The minimum atomic E-state index is -0.624. The molecule has 2 rings (SSSR count). The Bertz CT molecular complexity index is 485. The van der Waals surface area contributed by atoms with Crippen molar-refractivity contribution in [1.29, 1.82) is 0 Å². The predicted octanol–water partition coefficient (Wildman–Crippen LogP) is 3.13. The molecule has 0 bridgehead atoms. The van der Waals surface area contributed by atoms with Crippen LogP contribution in [0.15, 0.2) is 28.9 Å². The van der Waals surface area contributed by atoms with Gasteiger partial charge in [0.15, 0.2) is 0 Å². The number of halogens is 3. The molecule has 0 atom stereocenters. The van der Waals surface area contributed by atoms with Crippen LogP contribution >= 0.6 is 15.9 Å². The van der Waals surface area contributed by atoms with Gasteiger partial charge in [-0.15, -0.1) is 0 Å². The summed E-state index contributed by atoms with van der Waals surface area (Å²) in [5, 5.41) is 3.95. The molecule has 15 heavy (non-hydrogen) atoms. The number of aryl methyl sites for hydroxylation is 1. The average Bonchev–Trinajstić information content (AvgIpc) is 2.49. The number of nitrogens with zero attached hydrogens (tertiary/aromatic N) is 2. The molecular weight excluding hydrogens is 266 g/mol. The minimum absolute atomic E-state index is 0.0983. The molecule has 0 spiro atoms. The molecule has 2 aromatic rings. The first-order valence-electron chi connectivity index (χ1n) is 4.22. The van der Waals surface area contributed by atoms with Crippen molar-refractivity contribution in [3.63, 3.8) is 0 Å². The fourth-order valence-electron chi connectivity index (χ4n) is 1.34. The number of hydrogen-bond acceptors (Lipinski definition) is 1. The lowest BCUT2D eigenvalue weighted by atomic mass is 10.1. The van der Waals surface area contributed by atoms with Gasteiger partial charge < -0.3 is 0 Å². The molecule has 0 N–H and O–H groups in total. The summed E-state index contributed by atoms with van der Waals surface area (Å²) in [5.74, 6) is -1.25. The van der Waals surface area contributed by atoms with Gasteiger partial charge >= 0.3 is 0 Å². The maximum Gasteiger partial charge on any atom is 0.136 e. The summed E-state index contributed by atoms with van der Waals surface area (Å²) in [7, 11) is 1.69. The van der Waals surface area contributed by atoms with Crippen molar-refractivity contribution in [2.75, 3.05) is 0 Å². The van der Waals surface area contributed by atoms with E-state index in [9.17, 15) is 8.78 Å². The van der Waals surface area contributed by atoms with Crippen LogP contribution in [-0.4, -0.2) is 9.78 Å². The second-order valence-corrected chi connectivity index (χ2v) is 4.03. The second-order valence-electron chi connectivity index (χ2n) is 3.12. The van der Waals surface area contributed by atoms with E-state index in [1.54, 1.807) is 19.3 Å². The Kier molecular flexibility index (Phi) is 2.56. The molecular formula is C10H7BrF2N2. The van der Waals surface area contributed by atoms with Crippen LogP contribution in [0.4, 0.5) is 8.78 Å². The first-order chi connectivity index (χ1) is 7.08. The van der Waals surface area contributed by atoms with E-state index in [0.717, 1.165) is 0 Å². The quantitative estimate of drug-likeness (QED) is 0.780. The van der Waals surface area contributed by atoms with Gasteiger partial charge in [-0.1, -0.05) is 15.9 Å². The topological polar surface area (TPSA) is 17.8 Å². The zero-order valence-electron chi connectivity index (χ0n) is 7.84. The van der Waals surface area contributed by atoms with Crippen LogP contribution < -0.4 is 0 Å². The van der Waals surface area contributed by atoms with E-state index in [1.807, 2.05) is 0 Å². The largest absolute Gasteiger partial charge is 0.275 e. The Hall–Kier alpha value is -1.23.